The van der Waals surface area contributed by atoms with E-state index in [0.29, 0.717) is 22.6 Å². The lowest BCUT2D eigenvalue weighted by Crippen LogP contribution is -2.44. The van der Waals surface area contributed by atoms with Gasteiger partial charge in [0, 0.05) is 34.5 Å². The Labute approximate surface area is 163 Å². The fourth-order valence-electron chi connectivity index (χ4n) is 3.70. The number of nitrogens with one attached hydrogen (secondary N) is 1. The topological polar surface area (TPSA) is 51.1 Å². The molecule has 140 valence electrons. The average molecular weight is 393 g/mol. The highest BCUT2D eigenvalue weighted by Crippen LogP contribution is 2.31. The zero-order valence-corrected chi connectivity index (χ0v) is 17.0. The van der Waals surface area contributed by atoms with Gasteiger partial charge in [0.25, 0.3) is 5.56 Å². The van der Waals surface area contributed by atoms with Crippen molar-refractivity contribution in [3.8, 4) is 0 Å². The van der Waals surface area contributed by atoms with Gasteiger partial charge in [-0.1, -0.05) is 38.3 Å². The second-order valence-electron chi connectivity index (χ2n) is 7.30. The van der Waals surface area contributed by atoms with Crippen LogP contribution in [0.4, 0.5) is 0 Å². The number of carbonyl (C=O) groups is 1. The van der Waals surface area contributed by atoms with Crippen molar-refractivity contribution in [2.24, 2.45) is 18.9 Å². The second-order valence-corrected chi connectivity index (χ2v) is 8.75. The Balaban J connectivity index is 1.73. The Bertz CT molecular complexity index is 880. The van der Waals surface area contributed by atoms with Crippen molar-refractivity contribution in [1.82, 2.24) is 9.88 Å². The molecule has 0 saturated heterocycles. The summed E-state index contributed by atoms with van der Waals surface area (Å²) in [6.45, 7) is 4.48. The minimum absolute atomic E-state index is 0.0248. The maximum Gasteiger partial charge on any atom is 0.251 e. The number of aryl methyl sites for hydroxylation is 1. The number of thioether (sulfide) groups is 1. The van der Waals surface area contributed by atoms with Crippen molar-refractivity contribution < 1.29 is 4.79 Å². The van der Waals surface area contributed by atoms with E-state index in [4.69, 9.17) is 11.6 Å². The summed E-state index contributed by atoms with van der Waals surface area (Å²) in [5, 5.41) is 4.70. The zero-order chi connectivity index (χ0) is 18.8. The van der Waals surface area contributed by atoms with Crippen molar-refractivity contribution in [3.63, 3.8) is 0 Å². The number of benzene rings is 1. The van der Waals surface area contributed by atoms with E-state index in [2.05, 4.69) is 19.2 Å². The van der Waals surface area contributed by atoms with Crippen molar-refractivity contribution in [1.29, 1.82) is 0 Å². The number of pyridine rings is 1. The lowest BCUT2D eigenvalue weighted by Gasteiger charge is -2.34. The van der Waals surface area contributed by atoms with Gasteiger partial charge in [-0.05, 0) is 36.5 Å². The molecule has 0 radical (unpaired) electrons. The molecule has 4 nitrogen and oxygen atoms in total. The Kier molecular flexibility index (Phi) is 5.98. The zero-order valence-electron chi connectivity index (χ0n) is 15.4. The van der Waals surface area contributed by atoms with Crippen LogP contribution in [0.1, 0.15) is 33.1 Å². The Morgan fingerprint density at radius 3 is 2.85 bits per heavy atom. The van der Waals surface area contributed by atoms with Crippen LogP contribution in [0.5, 0.6) is 0 Å². The van der Waals surface area contributed by atoms with Crippen LogP contribution in [0.25, 0.3) is 10.9 Å². The predicted octanol–water partition coefficient (Wildman–Crippen LogP) is 4.22. The molecule has 1 fully saturated rings. The summed E-state index contributed by atoms with van der Waals surface area (Å²) < 4.78 is 1.60. The van der Waals surface area contributed by atoms with Gasteiger partial charge in [0.05, 0.1) is 11.3 Å². The lowest BCUT2D eigenvalue weighted by atomic mass is 9.78. The molecule has 1 saturated carbocycles. The highest BCUT2D eigenvalue weighted by Gasteiger charge is 2.28. The Morgan fingerprint density at radius 1 is 1.31 bits per heavy atom. The number of fused-ring (bicyclic) bond motifs is 1. The van der Waals surface area contributed by atoms with Crippen LogP contribution >= 0.6 is 23.4 Å². The summed E-state index contributed by atoms with van der Waals surface area (Å²) in [4.78, 5) is 25.4. The third kappa shape index (κ3) is 4.09. The third-order valence-corrected chi connectivity index (χ3v) is 6.87. The predicted molar refractivity (Wildman–Crippen MR) is 109 cm³/mol. The molecular weight excluding hydrogens is 368 g/mol. The molecule has 0 spiro atoms. The molecule has 1 N–H and O–H groups in total. The first-order valence-corrected chi connectivity index (χ1v) is 10.4. The van der Waals surface area contributed by atoms with Crippen LogP contribution in [0.3, 0.4) is 0 Å². The molecule has 3 unspecified atom stereocenters. The van der Waals surface area contributed by atoms with E-state index in [1.165, 1.54) is 24.6 Å². The van der Waals surface area contributed by atoms with Gasteiger partial charge in [0.2, 0.25) is 5.91 Å². The van der Waals surface area contributed by atoms with Gasteiger partial charge >= 0.3 is 0 Å². The first-order valence-electron chi connectivity index (χ1n) is 9.08. The minimum atomic E-state index is -0.0857. The van der Waals surface area contributed by atoms with Crippen molar-refractivity contribution >= 4 is 40.2 Å². The minimum Gasteiger partial charge on any atom is -0.352 e. The van der Waals surface area contributed by atoms with Gasteiger partial charge in [0.15, 0.2) is 0 Å². The Morgan fingerprint density at radius 2 is 2.08 bits per heavy atom. The molecule has 0 aliphatic heterocycles. The summed E-state index contributed by atoms with van der Waals surface area (Å²) in [7, 11) is 1.74. The molecule has 1 aromatic heterocycles. The molecule has 1 heterocycles. The number of hydrogen-bond donors (Lipinski definition) is 1. The number of amides is 1. The first-order chi connectivity index (χ1) is 12.4. The second kappa shape index (κ2) is 8.05. The van der Waals surface area contributed by atoms with E-state index in [0.717, 1.165) is 22.2 Å². The van der Waals surface area contributed by atoms with Crippen LogP contribution in [-0.2, 0) is 11.8 Å². The van der Waals surface area contributed by atoms with E-state index < -0.39 is 0 Å². The van der Waals surface area contributed by atoms with E-state index in [1.807, 2.05) is 12.1 Å². The average Bonchev–Trinajstić information content (AvgIpc) is 2.61. The molecule has 6 heteroatoms. The summed E-state index contributed by atoms with van der Waals surface area (Å²) in [6.07, 6.45) is 3.45. The number of nitrogens with zero attached hydrogens (tertiary/aromatic N) is 1. The molecule has 3 rings (SSSR count). The number of aromatic nitrogens is 1. The van der Waals surface area contributed by atoms with Gasteiger partial charge in [-0.3, -0.25) is 9.59 Å². The van der Waals surface area contributed by atoms with E-state index in [1.54, 1.807) is 23.7 Å². The van der Waals surface area contributed by atoms with Crippen molar-refractivity contribution in [2.45, 2.75) is 44.0 Å². The van der Waals surface area contributed by atoms with Crippen molar-refractivity contribution in [3.05, 3.63) is 39.6 Å². The summed E-state index contributed by atoms with van der Waals surface area (Å²) in [5.41, 5.74) is 0.733. The van der Waals surface area contributed by atoms with Gasteiger partial charge in [-0.2, -0.15) is 0 Å². The molecule has 0 bridgehead atoms. The fraction of sp³-hybridized carbons (Fsp3) is 0.500. The largest absolute Gasteiger partial charge is 0.352 e. The summed E-state index contributed by atoms with van der Waals surface area (Å²) >= 11 is 7.52. The summed E-state index contributed by atoms with van der Waals surface area (Å²) in [5.74, 6) is 1.47. The highest BCUT2D eigenvalue weighted by atomic mass is 35.5. The van der Waals surface area contributed by atoms with Gasteiger partial charge in [0.1, 0.15) is 0 Å². The first kappa shape index (κ1) is 19.3. The van der Waals surface area contributed by atoms with Crippen molar-refractivity contribution in [2.75, 3.05) is 5.75 Å². The molecular formula is C20H25ClN2O2S. The monoisotopic (exact) mass is 392 g/mol. The molecule has 1 aliphatic carbocycles. The van der Waals surface area contributed by atoms with Crippen LogP contribution in [0.15, 0.2) is 34.0 Å². The molecule has 26 heavy (non-hydrogen) atoms. The number of hydrogen-bond acceptors (Lipinski definition) is 3. The Hall–Kier alpha value is -1.46. The third-order valence-electron chi connectivity index (χ3n) is 5.58. The smallest absolute Gasteiger partial charge is 0.251 e. The van der Waals surface area contributed by atoms with E-state index in [-0.39, 0.29) is 17.5 Å². The highest BCUT2D eigenvalue weighted by molar-refractivity contribution is 8.00. The van der Waals surface area contributed by atoms with Crippen LogP contribution < -0.4 is 10.9 Å². The number of rotatable bonds is 4. The quantitative estimate of drug-likeness (QED) is 0.792. The summed E-state index contributed by atoms with van der Waals surface area (Å²) in [6, 6.07) is 7.30. The molecule has 1 aliphatic rings. The lowest BCUT2D eigenvalue weighted by molar-refractivity contribution is -0.119. The van der Waals surface area contributed by atoms with Gasteiger partial charge < -0.3 is 9.88 Å². The molecule has 1 aromatic carbocycles. The SMILES string of the molecule is CC1CCCC(NC(=O)CSc2cc(=O)n(C)c3ccc(Cl)cc23)C1C. The van der Waals surface area contributed by atoms with Crippen LogP contribution in [0, 0.1) is 11.8 Å². The molecule has 3 atom stereocenters. The molecule has 2 aromatic rings. The fourth-order valence-corrected chi connectivity index (χ4v) is 4.75. The van der Waals surface area contributed by atoms with Gasteiger partial charge in [-0.25, -0.2) is 0 Å². The number of carbonyl (C=O) groups excluding carboxylic acids is 1. The van der Waals surface area contributed by atoms with Crippen LogP contribution in [-0.4, -0.2) is 22.3 Å². The standard InChI is InChI=1S/C20H25ClN2O2S/c1-12-5-4-6-16(13(12)2)22-19(24)11-26-18-10-20(25)23(3)17-8-7-14(21)9-15(17)18/h7-10,12-13,16H,4-6,11H2,1-3H3,(H,22,24). The van der Waals surface area contributed by atoms with E-state index >= 15 is 0 Å². The van der Waals surface area contributed by atoms with Crippen LogP contribution in [0.2, 0.25) is 5.02 Å². The number of halogens is 1. The maximum atomic E-state index is 12.5. The normalized spacial score (nSPS) is 23.2. The van der Waals surface area contributed by atoms with E-state index in [9.17, 15) is 9.59 Å². The molecule has 1 amide bonds. The van der Waals surface area contributed by atoms with Gasteiger partial charge in [-0.15, -0.1) is 11.8 Å². The maximum absolute atomic E-state index is 12.5.